The first-order valence-corrected chi connectivity index (χ1v) is 7.37. The molecule has 0 bridgehead atoms. The zero-order chi connectivity index (χ0) is 12.9. The zero-order valence-electron chi connectivity index (χ0n) is 9.83. The van der Waals surface area contributed by atoms with Crippen molar-refractivity contribution >= 4 is 9.84 Å². The SMILES string of the molecule is CS(=O)(=O)c1ccc(CCC(CO)CO)cc1. The van der Waals surface area contributed by atoms with Crippen molar-refractivity contribution < 1.29 is 18.6 Å². The molecule has 1 aromatic carbocycles. The highest BCUT2D eigenvalue weighted by molar-refractivity contribution is 7.90. The largest absolute Gasteiger partial charge is 0.396 e. The summed E-state index contributed by atoms with van der Waals surface area (Å²) in [6, 6.07) is 6.69. The molecule has 0 atom stereocenters. The maximum atomic E-state index is 11.2. The van der Waals surface area contributed by atoms with Gasteiger partial charge in [0.05, 0.1) is 4.90 Å². The maximum absolute atomic E-state index is 11.2. The molecule has 0 aromatic heterocycles. The molecule has 0 aliphatic rings. The highest BCUT2D eigenvalue weighted by atomic mass is 32.2. The van der Waals surface area contributed by atoms with E-state index in [9.17, 15) is 8.42 Å². The van der Waals surface area contributed by atoms with Gasteiger partial charge in [0.15, 0.2) is 9.84 Å². The Kier molecular flexibility index (Phi) is 5.11. The zero-order valence-corrected chi connectivity index (χ0v) is 10.7. The maximum Gasteiger partial charge on any atom is 0.175 e. The van der Waals surface area contributed by atoms with Crippen molar-refractivity contribution in [2.75, 3.05) is 19.5 Å². The van der Waals surface area contributed by atoms with Crippen LogP contribution in [0.4, 0.5) is 0 Å². The number of aliphatic hydroxyl groups excluding tert-OH is 2. The monoisotopic (exact) mass is 258 g/mol. The summed E-state index contributed by atoms with van der Waals surface area (Å²) >= 11 is 0. The van der Waals surface area contributed by atoms with Gasteiger partial charge in [-0.25, -0.2) is 8.42 Å². The molecule has 17 heavy (non-hydrogen) atoms. The van der Waals surface area contributed by atoms with Crippen LogP contribution in [0.1, 0.15) is 12.0 Å². The van der Waals surface area contributed by atoms with Crippen molar-refractivity contribution in [1.29, 1.82) is 0 Å². The molecule has 0 aliphatic carbocycles. The normalized spacial score (nSPS) is 12.0. The predicted octanol–water partition coefficient (Wildman–Crippen LogP) is 0.624. The number of aliphatic hydroxyl groups is 2. The number of aryl methyl sites for hydroxylation is 1. The quantitative estimate of drug-likeness (QED) is 0.784. The van der Waals surface area contributed by atoms with Crippen LogP contribution in [0.15, 0.2) is 29.2 Å². The summed E-state index contributed by atoms with van der Waals surface area (Å²) in [5.74, 6) is -0.107. The summed E-state index contributed by atoms with van der Waals surface area (Å²) in [6.45, 7) is -0.0597. The number of rotatable bonds is 6. The van der Waals surface area contributed by atoms with E-state index in [4.69, 9.17) is 10.2 Å². The molecule has 0 heterocycles. The highest BCUT2D eigenvalue weighted by Crippen LogP contribution is 2.13. The van der Waals surface area contributed by atoms with Crippen LogP contribution in [0.5, 0.6) is 0 Å². The molecule has 0 fully saturated rings. The average molecular weight is 258 g/mol. The predicted molar refractivity (Wildman–Crippen MR) is 65.5 cm³/mol. The molecule has 0 aliphatic heterocycles. The Morgan fingerprint density at radius 1 is 1.12 bits per heavy atom. The van der Waals surface area contributed by atoms with Crippen LogP contribution in [-0.2, 0) is 16.3 Å². The molecule has 0 radical (unpaired) electrons. The van der Waals surface area contributed by atoms with Crippen LogP contribution in [-0.4, -0.2) is 38.1 Å². The van der Waals surface area contributed by atoms with Gasteiger partial charge in [-0.3, -0.25) is 0 Å². The summed E-state index contributed by atoms with van der Waals surface area (Å²) in [5.41, 5.74) is 1.00. The van der Waals surface area contributed by atoms with Crippen molar-refractivity contribution in [2.24, 2.45) is 5.92 Å². The second-order valence-electron chi connectivity index (χ2n) is 4.19. The third kappa shape index (κ3) is 4.46. The van der Waals surface area contributed by atoms with Gasteiger partial charge in [-0.1, -0.05) is 12.1 Å². The van der Waals surface area contributed by atoms with E-state index in [0.29, 0.717) is 11.3 Å². The molecule has 1 rings (SSSR count). The van der Waals surface area contributed by atoms with Gasteiger partial charge in [0.1, 0.15) is 0 Å². The molecule has 0 unspecified atom stereocenters. The topological polar surface area (TPSA) is 74.6 Å². The van der Waals surface area contributed by atoms with Gasteiger partial charge in [-0.15, -0.1) is 0 Å². The van der Waals surface area contributed by atoms with Crippen LogP contribution in [0.2, 0.25) is 0 Å². The molecule has 96 valence electrons. The van der Waals surface area contributed by atoms with Crippen LogP contribution in [0.3, 0.4) is 0 Å². The Labute approximate surface area is 102 Å². The van der Waals surface area contributed by atoms with E-state index in [1.807, 2.05) is 0 Å². The Morgan fingerprint density at radius 2 is 1.65 bits per heavy atom. The standard InChI is InChI=1S/C12H18O4S/c1-17(15,16)12-6-4-10(5-7-12)2-3-11(8-13)9-14/h4-7,11,13-14H,2-3,8-9H2,1H3. The van der Waals surface area contributed by atoms with Crippen LogP contribution in [0, 0.1) is 5.92 Å². The minimum Gasteiger partial charge on any atom is -0.396 e. The van der Waals surface area contributed by atoms with E-state index in [1.54, 1.807) is 24.3 Å². The summed E-state index contributed by atoms with van der Waals surface area (Å²) in [6.07, 6.45) is 2.58. The fourth-order valence-electron chi connectivity index (χ4n) is 1.51. The summed E-state index contributed by atoms with van der Waals surface area (Å²) in [7, 11) is -3.14. The first-order valence-electron chi connectivity index (χ1n) is 5.48. The first-order chi connectivity index (χ1) is 7.97. The second-order valence-corrected chi connectivity index (χ2v) is 6.20. The molecular formula is C12H18O4S. The molecule has 5 heteroatoms. The average Bonchev–Trinajstić information content (AvgIpc) is 2.30. The molecule has 4 nitrogen and oxygen atoms in total. The third-order valence-electron chi connectivity index (χ3n) is 2.71. The van der Waals surface area contributed by atoms with E-state index >= 15 is 0 Å². The molecule has 2 N–H and O–H groups in total. The molecule has 0 saturated heterocycles. The van der Waals surface area contributed by atoms with Gasteiger partial charge in [-0.05, 0) is 30.5 Å². The summed E-state index contributed by atoms with van der Waals surface area (Å²) < 4.78 is 22.5. The molecule has 1 aromatic rings. The lowest BCUT2D eigenvalue weighted by molar-refractivity contribution is 0.144. The van der Waals surface area contributed by atoms with E-state index < -0.39 is 9.84 Å². The Morgan fingerprint density at radius 3 is 2.06 bits per heavy atom. The van der Waals surface area contributed by atoms with E-state index in [0.717, 1.165) is 12.0 Å². The molecule has 0 spiro atoms. The van der Waals surface area contributed by atoms with Gasteiger partial charge >= 0.3 is 0 Å². The van der Waals surface area contributed by atoms with E-state index in [2.05, 4.69) is 0 Å². The fraction of sp³-hybridized carbons (Fsp3) is 0.500. The van der Waals surface area contributed by atoms with Crippen LogP contribution in [0.25, 0.3) is 0 Å². The minimum absolute atomic E-state index is 0.0298. The van der Waals surface area contributed by atoms with Gasteiger partial charge in [0.2, 0.25) is 0 Å². The number of hydrogen-bond donors (Lipinski definition) is 2. The molecular weight excluding hydrogens is 240 g/mol. The van der Waals surface area contributed by atoms with E-state index in [1.165, 1.54) is 6.26 Å². The Balaban J connectivity index is 2.63. The number of hydrogen-bond acceptors (Lipinski definition) is 4. The van der Waals surface area contributed by atoms with Crippen molar-refractivity contribution in [1.82, 2.24) is 0 Å². The van der Waals surface area contributed by atoms with Gasteiger partial charge < -0.3 is 10.2 Å². The Hall–Kier alpha value is -0.910. The summed E-state index contributed by atoms with van der Waals surface area (Å²) in [5, 5.41) is 17.8. The lowest BCUT2D eigenvalue weighted by Crippen LogP contribution is -2.11. The molecule has 0 saturated carbocycles. The van der Waals surface area contributed by atoms with Gasteiger partial charge in [-0.2, -0.15) is 0 Å². The second kappa shape index (κ2) is 6.14. The van der Waals surface area contributed by atoms with Crippen molar-refractivity contribution in [3.63, 3.8) is 0 Å². The van der Waals surface area contributed by atoms with Crippen molar-refractivity contribution in [2.45, 2.75) is 17.7 Å². The lowest BCUT2D eigenvalue weighted by atomic mass is 10.0. The highest BCUT2D eigenvalue weighted by Gasteiger charge is 2.08. The van der Waals surface area contributed by atoms with Crippen molar-refractivity contribution in [3.05, 3.63) is 29.8 Å². The van der Waals surface area contributed by atoms with E-state index in [-0.39, 0.29) is 19.1 Å². The Bertz CT molecular complexity index is 432. The summed E-state index contributed by atoms with van der Waals surface area (Å²) in [4.78, 5) is 0.308. The lowest BCUT2D eigenvalue weighted by Gasteiger charge is -2.10. The fourth-order valence-corrected chi connectivity index (χ4v) is 2.14. The van der Waals surface area contributed by atoms with Crippen LogP contribution < -0.4 is 0 Å². The first kappa shape index (κ1) is 14.2. The van der Waals surface area contributed by atoms with Crippen molar-refractivity contribution in [3.8, 4) is 0 Å². The van der Waals surface area contributed by atoms with Crippen LogP contribution >= 0.6 is 0 Å². The third-order valence-corrected chi connectivity index (χ3v) is 3.84. The number of sulfone groups is 1. The minimum atomic E-state index is -3.14. The van der Waals surface area contributed by atoms with Gasteiger partial charge in [0.25, 0.3) is 0 Å². The van der Waals surface area contributed by atoms with Gasteiger partial charge in [0, 0.05) is 25.4 Å². The smallest absolute Gasteiger partial charge is 0.175 e. The molecule has 0 amide bonds. The number of benzene rings is 1.